The van der Waals surface area contributed by atoms with Crippen molar-refractivity contribution in [2.75, 3.05) is 19.6 Å². The van der Waals surface area contributed by atoms with E-state index in [0.29, 0.717) is 19.5 Å². The fourth-order valence-corrected chi connectivity index (χ4v) is 1.95. The molecule has 2 amide bonds. The van der Waals surface area contributed by atoms with E-state index in [-0.39, 0.29) is 18.0 Å². The highest BCUT2D eigenvalue weighted by Gasteiger charge is 2.23. The second kappa shape index (κ2) is 5.16. The van der Waals surface area contributed by atoms with Crippen molar-refractivity contribution < 1.29 is 14.0 Å². The molecule has 1 N–H and O–H groups in total. The summed E-state index contributed by atoms with van der Waals surface area (Å²) in [6, 6.07) is 4.40. The third-order valence-electron chi connectivity index (χ3n) is 2.90. The molecule has 0 aliphatic carbocycles. The topological polar surface area (TPSA) is 49.4 Å². The molecule has 5 heteroatoms. The molecule has 2 rings (SSSR count). The molecule has 0 radical (unpaired) electrons. The number of hydrogen-bond acceptors (Lipinski definition) is 2. The summed E-state index contributed by atoms with van der Waals surface area (Å²) in [5.41, 5.74) is 0.851. The molecule has 18 heavy (non-hydrogen) atoms. The Hall–Kier alpha value is -1.91. The SMILES string of the molecule is Cc1ccc(F)c(C(=O)N2CCCNC(=O)C2)c1. The van der Waals surface area contributed by atoms with Crippen LogP contribution in [0.15, 0.2) is 18.2 Å². The van der Waals surface area contributed by atoms with Gasteiger partial charge in [0.2, 0.25) is 5.91 Å². The van der Waals surface area contributed by atoms with Crippen molar-refractivity contribution in [2.24, 2.45) is 0 Å². The first-order chi connectivity index (χ1) is 8.58. The summed E-state index contributed by atoms with van der Waals surface area (Å²) in [6.07, 6.45) is 0.685. The number of nitrogens with one attached hydrogen (secondary N) is 1. The number of hydrogen-bond donors (Lipinski definition) is 1. The van der Waals surface area contributed by atoms with Gasteiger partial charge in [-0.2, -0.15) is 0 Å². The molecule has 1 aliphatic rings. The zero-order valence-corrected chi connectivity index (χ0v) is 10.2. The quantitative estimate of drug-likeness (QED) is 0.811. The van der Waals surface area contributed by atoms with E-state index >= 15 is 0 Å². The van der Waals surface area contributed by atoms with Crippen molar-refractivity contribution in [3.8, 4) is 0 Å². The predicted molar refractivity (Wildman–Crippen MR) is 64.7 cm³/mol. The summed E-state index contributed by atoms with van der Waals surface area (Å²) in [5, 5.41) is 2.68. The molecule has 0 unspecified atom stereocenters. The largest absolute Gasteiger partial charge is 0.354 e. The summed E-state index contributed by atoms with van der Waals surface area (Å²) in [6.45, 7) is 2.81. The molecule has 1 fully saturated rings. The van der Waals surface area contributed by atoms with Crippen LogP contribution in [-0.4, -0.2) is 36.3 Å². The molecule has 0 bridgehead atoms. The fourth-order valence-electron chi connectivity index (χ4n) is 1.95. The molecule has 0 spiro atoms. The Morgan fingerprint density at radius 3 is 3.00 bits per heavy atom. The van der Waals surface area contributed by atoms with Gasteiger partial charge in [0.05, 0.1) is 12.1 Å². The molecule has 1 heterocycles. The fraction of sp³-hybridized carbons (Fsp3) is 0.385. The normalized spacial score (nSPS) is 16.1. The minimum Gasteiger partial charge on any atom is -0.354 e. The first kappa shape index (κ1) is 12.5. The van der Waals surface area contributed by atoms with Gasteiger partial charge in [0, 0.05) is 13.1 Å². The minimum absolute atomic E-state index is 0.00772. The lowest BCUT2D eigenvalue weighted by molar-refractivity contribution is -0.121. The summed E-state index contributed by atoms with van der Waals surface area (Å²) in [5.74, 6) is -1.17. The van der Waals surface area contributed by atoms with Crippen molar-refractivity contribution in [3.05, 3.63) is 35.1 Å². The molecular formula is C13H15FN2O2. The molecule has 1 saturated heterocycles. The van der Waals surface area contributed by atoms with Crippen LogP contribution in [0.2, 0.25) is 0 Å². The molecule has 96 valence electrons. The van der Waals surface area contributed by atoms with Crippen molar-refractivity contribution >= 4 is 11.8 Å². The lowest BCUT2D eigenvalue weighted by Crippen LogP contribution is -2.37. The predicted octanol–water partition coefficient (Wildman–Crippen LogP) is 1.10. The van der Waals surface area contributed by atoms with Crippen LogP contribution in [0.4, 0.5) is 4.39 Å². The standard InChI is InChI=1S/C13H15FN2O2/c1-9-3-4-11(14)10(7-9)13(18)16-6-2-5-15-12(17)8-16/h3-4,7H,2,5-6,8H2,1H3,(H,15,17). The molecular weight excluding hydrogens is 235 g/mol. The number of amides is 2. The van der Waals surface area contributed by atoms with E-state index in [0.717, 1.165) is 5.56 Å². The molecule has 0 saturated carbocycles. The Labute approximate surface area is 105 Å². The van der Waals surface area contributed by atoms with Crippen LogP contribution >= 0.6 is 0 Å². The first-order valence-corrected chi connectivity index (χ1v) is 5.90. The van der Waals surface area contributed by atoms with Gasteiger partial charge in [-0.05, 0) is 25.5 Å². The number of aryl methyl sites for hydroxylation is 1. The number of nitrogens with zero attached hydrogens (tertiary/aromatic N) is 1. The Bertz CT molecular complexity index is 488. The molecule has 1 aromatic rings. The van der Waals surface area contributed by atoms with E-state index in [1.165, 1.54) is 17.0 Å². The van der Waals surface area contributed by atoms with Gasteiger partial charge in [0.1, 0.15) is 5.82 Å². The second-order valence-corrected chi connectivity index (χ2v) is 4.41. The average Bonchev–Trinajstić information content (AvgIpc) is 2.56. The summed E-state index contributed by atoms with van der Waals surface area (Å²) in [4.78, 5) is 24.9. The second-order valence-electron chi connectivity index (χ2n) is 4.41. The van der Waals surface area contributed by atoms with Crippen molar-refractivity contribution in [1.82, 2.24) is 10.2 Å². The smallest absolute Gasteiger partial charge is 0.257 e. The maximum Gasteiger partial charge on any atom is 0.257 e. The Morgan fingerprint density at radius 2 is 2.22 bits per heavy atom. The van der Waals surface area contributed by atoms with Gasteiger partial charge < -0.3 is 10.2 Å². The number of carbonyl (C=O) groups excluding carboxylic acids is 2. The number of rotatable bonds is 1. The lowest BCUT2D eigenvalue weighted by atomic mass is 10.1. The Morgan fingerprint density at radius 1 is 1.44 bits per heavy atom. The van der Waals surface area contributed by atoms with Crippen LogP contribution in [0.3, 0.4) is 0 Å². The van der Waals surface area contributed by atoms with Gasteiger partial charge in [-0.15, -0.1) is 0 Å². The van der Waals surface area contributed by atoms with Gasteiger partial charge in [0.15, 0.2) is 0 Å². The number of benzene rings is 1. The highest BCUT2D eigenvalue weighted by atomic mass is 19.1. The first-order valence-electron chi connectivity index (χ1n) is 5.90. The van der Waals surface area contributed by atoms with Gasteiger partial charge in [-0.1, -0.05) is 11.6 Å². The average molecular weight is 250 g/mol. The van der Waals surface area contributed by atoms with Crippen LogP contribution in [0.1, 0.15) is 22.3 Å². The zero-order chi connectivity index (χ0) is 13.1. The van der Waals surface area contributed by atoms with Crippen molar-refractivity contribution in [2.45, 2.75) is 13.3 Å². The molecule has 4 nitrogen and oxygen atoms in total. The van der Waals surface area contributed by atoms with Gasteiger partial charge in [-0.25, -0.2) is 4.39 Å². The molecule has 1 aromatic carbocycles. The van der Waals surface area contributed by atoms with Crippen molar-refractivity contribution in [3.63, 3.8) is 0 Å². The molecule has 0 atom stereocenters. The van der Waals surface area contributed by atoms with Crippen LogP contribution in [-0.2, 0) is 4.79 Å². The summed E-state index contributed by atoms with van der Waals surface area (Å²) < 4.78 is 13.6. The molecule has 1 aliphatic heterocycles. The van der Waals surface area contributed by atoms with E-state index in [1.807, 2.05) is 0 Å². The highest BCUT2D eigenvalue weighted by molar-refractivity contribution is 5.97. The van der Waals surface area contributed by atoms with Crippen LogP contribution in [0, 0.1) is 12.7 Å². The Kier molecular flexibility index (Phi) is 3.60. The number of carbonyl (C=O) groups is 2. The van der Waals surface area contributed by atoms with Crippen molar-refractivity contribution in [1.29, 1.82) is 0 Å². The lowest BCUT2D eigenvalue weighted by Gasteiger charge is -2.19. The third-order valence-corrected chi connectivity index (χ3v) is 2.90. The van der Waals surface area contributed by atoms with Crippen LogP contribution in [0.5, 0.6) is 0 Å². The maximum absolute atomic E-state index is 13.6. The summed E-state index contributed by atoms with van der Waals surface area (Å²) in [7, 11) is 0. The van der Waals surface area contributed by atoms with E-state index in [2.05, 4.69) is 5.32 Å². The van der Waals surface area contributed by atoms with E-state index in [9.17, 15) is 14.0 Å². The monoisotopic (exact) mass is 250 g/mol. The Balaban J connectivity index is 2.24. The van der Waals surface area contributed by atoms with Gasteiger partial charge in [0.25, 0.3) is 5.91 Å². The van der Waals surface area contributed by atoms with E-state index in [4.69, 9.17) is 0 Å². The zero-order valence-electron chi connectivity index (χ0n) is 10.2. The van der Waals surface area contributed by atoms with Crippen LogP contribution in [0.25, 0.3) is 0 Å². The number of halogens is 1. The van der Waals surface area contributed by atoms with Gasteiger partial charge in [-0.3, -0.25) is 9.59 Å². The van der Waals surface area contributed by atoms with E-state index < -0.39 is 11.7 Å². The minimum atomic E-state index is -0.546. The highest BCUT2D eigenvalue weighted by Crippen LogP contribution is 2.13. The third kappa shape index (κ3) is 2.67. The summed E-state index contributed by atoms with van der Waals surface area (Å²) >= 11 is 0. The van der Waals surface area contributed by atoms with E-state index in [1.54, 1.807) is 13.0 Å². The maximum atomic E-state index is 13.6. The molecule has 0 aromatic heterocycles. The van der Waals surface area contributed by atoms with Gasteiger partial charge >= 0.3 is 0 Å². The van der Waals surface area contributed by atoms with Crippen LogP contribution < -0.4 is 5.32 Å².